The highest BCUT2D eigenvalue weighted by Gasteiger charge is 1.99. The molecule has 1 aromatic heterocycles. The molecule has 0 atom stereocenters. The Bertz CT molecular complexity index is 396. The molecule has 0 saturated heterocycles. The highest BCUT2D eigenvalue weighted by Crippen LogP contribution is 2.24. The van der Waals surface area contributed by atoms with Crippen molar-refractivity contribution < 1.29 is 0 Å². The van der Waals surface area contributed by atoms with Crippen LogP contribution in [0.4, 0.5) is 0 Å². The average molecular weight is 328 g/mol. The van der Waals surface area contributed by atoms with Crippen LogP contribution in [0, 0.1) is 10.5 Å². The topological polar surface area (TPSA) is 25.8 Å². The predicted octanol–water partition coefficient (Wildman–Crippen LogP) is 3.54. The fourth-order valence-corrected chi connectivity index (χ4v) is 2.04. The SMILES string of the molecule is Cc1ccc(Sc2ncc(I)cn2)cc1. The molecule has 2 rings (SSSR count). The van der Waals surface area contributed by atoms with Crippen LogP contribution in [0.2, 0.25) is 0 Å². The first-order chi connectivity index (χ1) is 7.24. The van der Waals surface area contributed by atoms with Crippen molar-refractivity contribution in [3.8, 4) is 0 Å². The van der Waals surface area contributed by atoms with Gasteiger partial charge in [0, 0.05) is 20.9 Å². The predicted molar refractivity (Wildman–Crippen MR) is 70.1 cm³/mol. The maximum atomic E-state index is 4.24. The Morgan fingerprint density at radius 1 is 1.07 bits per heavy atom. The van der Waals surface area contributed by atoms with Crippen LogP contribution in [0.3, 0.4) is 0 Å². The van der Waals surface area contributed by atoms with Crippen LogP contribution >= 0.6 is 34.4 Å². The Labute approximate surface area is 107 Å². The summed E-state index contributed by atoms with van der Waals surface area (Å²) in [6, 6.07) is 8.35. The van der Waals surface area contributed by atoms with Gasteiger partial charge in [0.15, 0.2) is 5.16 Å². The first-order valence-corrected chi connectivity index (χ1v) is 6.35. The number of hydrogen-bond acceptors (Lipinski definition) is 3. The maximum Gasteiger partial charge on any atom is 0.192 e. The summed E-state index contributed by atoms with van der Waals surface area (Å²) in [6.45, 7) is 2.08. The third kappa shape index (κ3) is 3.17. The van der Waals surface area contributed by atoms with Gasteiger partial charge in [-0.1, -0.05) is 17.7 Å². The lowest BCUT2D eigenvalue weighted by Gasteiger charge is -2.00. The van der Waals surface area contributed by atoms with Gasteiger partial charge in [-0.05, 0) is 53.4 Å². The van der Waals surface area contributed by atoms with Gasteiger partial charge in [-0.15, -0.1) is 0 Å². The monoisotopic (exact) mass is 328 g/mol. The second kappa shape index (κ2) is 4.94. The first-order valence-electron chi connectivity index (χ1n) is 4.46. The van der Waals surface area contributed by atoms with Gasteiger partial charge >= 0.3 is 0 Å². The molecule has 0 aliphatic carbocycles. The molecule has 4 heteroatoms. The van der Waals surface area contributed by atoms with E-state index in [4.69, 9.17) is 0 Å². The van der Waals surface area contributed by atoms with E-state index in [2.05, 4.69) is 63.7 Å². The largest absolute Gasteiger partial charge is 0.230 e. The number of rotatable bonds is 2. The molecule has 0 aliphatic heterocycles. The van der Waals surface area contributed by atoms with Crippen molar-refractivity contribution >= 4 is 34.4 Å². The lowest BCUT2D eigenvalue weighted by molar-refractivity contribution is 0.957. The zero-order valence-electron chi connectivity index (χ0n) is 8.14. The Hall–Kier alpha value is -0.620. The molecule has 0 saturated carbocycles. The summed E-state index contributed by atoms with van der Waals surface area (Å²) in [4.78, 5) is 9.65. The third-order valence-electron chi connectivity index (χ3n) is 1.83. The van der Waals surface area contributed by atoms with Crippen molar-refractivity contribution in [1.29, 1.82) is 0 Å². The van der Waals surface area contributed by atoms with E-state index in [0.29, 0.717) is 0 Å². The maximum absolute atomic E-state index is 4.24. The van der Waals surface area contributed by atoms with E-state index in [1.54, 1.807) is 11.8 Å². The van der Waals surface area contributed by atoms with Crippen molar-refractivity contribution in [2.45, 2.75) is 17.0 Å². The summed E-state index contributed by atoms with van der Waals surface area (Å²) >= 11 is 3.78. The number of aromatic nitrogens is 2. The molecule has 0 fully saturated rings. The summed E-state index contributed by atoms with van der Waals surface area (Å²) in [7, 11) is 0. The van der Waals surface area contributed by atoms with Crippen molar-refractivity contribution in [2.24, 2.45) is 0 Å². The number of halogens is 1. The van der Waals surface area contributed by atoms with Crippen molar-refractivity contribution in [3.05, 3.63) is 45.8 Å². The van der Waals surface area contributed by atoms with E-state index >= 15 is 0 Å². The zero-order chi connectivity index (χ0) is 10.7. The van der Waals surface area contributed by atoms with Gasteiger partial charge in [0.05, 0.1) is 0 Å². The number of nitrogens with zero attached hydrogens (tertiary/aromatic N) is 2. The van der Waals surface area contributed by atoms with Gasteiger partial charge in [0.25, 0.3) is 0 Å². The molecule has 2 nitrogen and oxygen atoms in total. The normalized spacial score (nSPS) is 10.3. The Morgan fingerprint density at radius 2 is 1.67 bits per heavy atom. The van der Waals surface area contributed by atoms with Gasteiger partial charge in [-0.2, -0.15) is 0 Å². The minimum absolute atomic E-state index is 0.791. The molecule has 0 unspecified atom stereocenters. The molecule has 0 N–H and O–H groups in total. The van der Waals surface area contributed by atoms with Crippen molar-refractivity contribution in [3.63, 3.8) is 0 Å². The van der Waals surface area contributed by atoms with E-state index in [1.807, 2.05) is 12.4 Å². The lowest BCUT2D eigenvalue weighted by atomic mass is 10.2. The molecular formula is C11H9IN2S. The van der Waals surface area contributed by atoms with Crippen LogP contribution in [-0.2, 0) is 0 Å². The van der Waals surface area contributed by atoms with Crippen LogP contribution in [-0.4, -0.2) is 9.97 Å². The molecule has 2 aromatic rings. The smallest absolute Gasteiger partial charge is 0.192 e. The highest BCUT2D eigenvalue weighted by molar-refractivity contribution is 14.1. The average Bonchev–Trinajstić information content (AvgIpc) is 2.25. The van der Waals surface area contributed by atoms with Gasteiger partial charge in [-0.25, -0.2) is 9.97 Å². The molecule has 1 aromatic carbocycles. The Kier molecular flexibility index (Phi) is 3.58. The fraction of sp³-hybridized carbons (Fsp3) is 0.0909. The van der Waals surface area contributed by atoms with E-state index in [1.165, 1.54) is 10.5 Å². The van der Waals surface area contributed by atoms with E-state index in [0.717, 1.165) is 8.73 Å². The quantitative estimate of drug-likeness (QED) is 0.623. The summed E-state index contributed by atoms with van der Waals surface area (Å²) < 4.78 is 1.06. The number of benzene rings is 1. The van der Waals surface area contributed by atoms with Crippen LogP contribution < -0.4 is 0 Å². The van der Waals surface area contributed by atoms with Crippen LogP contribution in [0.1, 0.15) is 5.56 Å². The van der Waals surface area contributed by atoms with Gasteiger partial charge in [0.2, 0.25) is 0 Å². The first kappa shape index (κ1) is 10.9. The minimum Gasteiger partial charge on any atom is -0.230 e. The van der Waals surface area contributed by atoms with Crippen LogP contribution in [0.25, 0.3) is 0 Å². The minimum atomic E-state index is 0.791. The highest BCUT2D eigenvalue weighted by atomic mass is 127. The fourth-order valence-electron chi connectivity index (χ4n) is 1.06. The second-order valence-corrected chi connectivity index (χ2v) is 5.39. The summed E-state index contributed by atoms with van der Waals surface area (Å²) in [5.74, 6) is 0. The molecule has 0 aliphatic rings. The van der Waals surface area contributed by atoms with Crippen LogP contribution in [0.5, 0.6) is 0 Å². The molecule has 1 heterocycles. The summed E-state index contributed by atoms with van der Waals surface area (Å²) in [5.41, 5.74) is 1.27. The Balaban J connectivity index is 2.15. The van der Waals surface area contributed by atoms with Crippen molar-refractivity contribution in [1.82, 2.24) is 9.97 Å². The number of aryl methyl sites for hydroxylation is 1. The second-order valence-electron chi connectivity index (χ2n) is 3.10. The standard InChI is InChI=1S/C11H9IN2S/c1-8-2-4-10(5-3-8)15-11-13-6-9(12)7-14-11/h2-7H,1H3. The van der Waals surface area contributed by atoms with E-state index in [9.17, 15) is 0 Å². The van der Waals surface area contributed by atoms with Gasteiger partial charge in [-0.3, -0.25) is 0 Å². The number of hydrogen-bond donors (Lipinski definition) is 0. The molecule has 15 heavy (non-hydrogen) atoms. The molecule has 0 amide bonds. The van der Waals surface area contributed by atoms with E-state index in [-0.39, 0.29) is 0 Å². The van der Waals surface area contributed by atoms with E-state index < -0.39 is 0 Å². The summed E-state index contributed by atoms with van der Waals surface area (Å²) in [6.07, 6.45) is 3.65. The molecule has 0 spiro atoms. The lowest BCUT2D eigenvalue weighted by Crippen LogP contribution is -1.86. The van der Waals surface area contributed by atoms with Gasteiger partial charge < -0.3 is 0 Å². The molecule has 0 bridgehead atoms. The van der Waals surface area contributed by atoms with Crippen molar-refractivity contribution in [2.75, 3.05) is 0 Å². The summed E-state index contributed by atoms with van der Waals surface area (Å²) in [5, 5.41) is 0.791. The molecule has 0 radical (unpaired) electrons. The van der Waals surface area contributed by atoms with Crippen LogP contribution in [0.15, 0.2) is 46.7 Å². The Morgan fingerprint density at radius 3 is 2.27 bits per heavy atom. The third-order valence-corrected chi connectivity index (χ3v) is 3.29. The van der Waals surface area contributed by atoms with Gasteiger partial charge in [0.1, 0.15) is 0 Å². The zero-order valence-corrected chi connectivity index (χ0v) is 11.1. The molecular weight excluding hydrogens is 319 g/mol. The molecule has 76 valence electrons.